The maximum absolute atomic E-state index is 11.5. The lowest BCUT2D eigenvalue weighted by Crippen LogP contribution is -2.24. The minimum atomic E-state index is -0.490. The van der Waals surface area contributed by atoms with E-state index in [0.717, 1.165) is 0 Å². The van der Waals surface area contributed by atoms with E-state index < -0.39 is 11.0 Å². The monoisotopic (exact) mass is 263 g/mol. The van der Waals surface area contributed by atoms with Crippen molar-refractivity contribution in [2.24, 2.45) is 5.41 Å². The second kappa shape index (κ2) is 5.99. The van der Waals surface area contributed by atoms with Gasteiger partial charge < -0.3 is 10.6 Å². The second-order valence-electron chi connectivity index (χ2n) is 5.10. The molecular formula is C13H17N3O3. The average Bonchev–Trinajstić information content (AvgIpc) is 2.27. The van der Waals surface area contributed by atoms with Crippen LogP contribution in [-0.2, 0) is 0 Å². The number of nitro groups is 1. The van der Waals surface area contributed by atoms with Crippen LogP contribution >= 0.6 is 0 Å². The van der Waals surface area contributed by atoms with Crippen molar-refractivity contribution in [3.8, 4) is 0 Å². The normalized spacial score (nSPS) is 11.3. The molecule has 102 valence electrons. The van der Waals surface area contributed by atoms with E-state index in [1.165, 1.54) is 24.3 Å². The molecule has 0 heterocycles. The molecule has 6 nitrogen and oxygen atoms in total. The number of nitro benzene ring substituents is 1. The summed E-state index contributed by atoms with van der Waals surface area (Å²) in [5, 5.41) is 15.6. The van der Waals surface area contributed by atoms with Crippen molar-refractivity contribution < 1.29 is 9.72 Å². The quantitative estimate of drug-likeness (QED) is 0.648. The molecular weight excluding hydrogens is 246 g/mol. The van der Waals surface area contributed by atoms with Crippen LogP contribution in [0.4, 0.5) is 16.2 Å². The number of non-ortho nitro benzene ring substituents is 1. The molecule has 0 fully saturated rings. The minimum Gasteiger partial charge on any atom is -0.315 e. The van der Waals surface area contributed by atoms with Crippen molar-refractivity contribution in [1.29, 1.82) is 0 Å². The number of nitrogens with one attached hydrogen (secondary N) is 2. The summed E-state index contributed by atoms with van der Waals surface area (Å²) in [6.07, 6.45) is 3.43. The van der Waals surface area contributed by atoms with Crippen molar-refractivity contribution in [1.82, 2.24) is 5.32 Å². The number of urea groups is 1. The molecule has 0 aromatic heterocycles. The molecule has 0 saturated heterocycles. The number of carbonyl (C=O) groups is 1. The first-order valence-electron chi connectivity index (χ1n) is 5.77. The van der Waals surface area contributed by atoms with Crippen molar-refractivity contribution in [3.63, 3.8) is 0 Å². The third-order valence-corrected chi connectivity index (χ3v) is 2.13. The third-order valence-electron chi connectivity index (χ3n) is 2.13. The van der Waals surface area contributed by atoms with Gasteiger partial charge in [0.15, 0.2) is 0 Å². The van der Waals surface area contributed by atoms with Gasteiger partial charge in [0.05, 0.1) is 4.92 Å². The molecule has 0 bridgehead atoms. The fourth-order valence-corrected chi connectivity index (χ4v) is 1.20. The van der Waals surface area contributed by atoms with Gasteiger partial charge in [-0.15, -0.1) is 0 Å². The molecule has 0 aliphatic rings. The zero-order chi connectivity index (χ0) is 14.5. The van der Waals surface area contributed by atoms with E-state index in [-0.39, 0.29) is 11.1 Å². The standard InChI is InChI=1S/C13H17N3O3/c1-13(2,3)8-9-14-12(17)15-10-4-6-11(7-5-10)16(18)19/h4-9H,1-3H3,(H2,14,15,17)/b9-8+. The highest BCUT2D eigenvalue weighted by Gasteiger charge is 2.06. The van der Waals surface area contributed by atoms with E-state index in [2.05, 4.69) is 10.6 Å². The number of nitrogens with zero attached hydrogens (tertiary/aromatic N) is 1. The summed E-state index contributed by atoms with van der Waals surface area (Å²) in [5.74, 6) is 0. The summed E-state index contributed by atoms with van der Waals surface area (Å²) in [4.78, 5) is 21.5. The number of hydrogen-bond donors (Lipinski definition) is 2. The van der Waals surface area contributed by atoms with Gasteiger partial charge in [0, 0.05) is 24.0 Å². The predicted octanol–water partition coefficient (Wildman–Crippen LogP) is 3.28. The van der Waals surface area contributed by atoms with Crippen LogP contribution in [-0.4, -0.2) is 11.0 Å². The highest BCUT2D eigenvalue weighted by atomic mass is 16.6. The summed E-state index contributed by atoms with van der Waals surface area (Å²) in [5.41, 5.74) is 0.464. The molecule has 1 aromatic rings. The van der Waals surface area contributed by atoms with Crippen LogP contribution < -0.4 is 10.6 Å². The maximum Gasteiger partial charge on any atom is 0.323 e. The van der Waals surface area contributed by atoms with Gasteiger partial charge in [0.2, 0.25) is 0 Å². The molecule has 2 amide bonds. The van der Waals surface area contributed by atoms with Gasteiger partial charge in [-0.1, -0.05) is 26.8 Å². The first-order valence-corrected chi connectivity index (χ1v) is 5.77. The number of hydrogen-bond acceptors (Lipinski definition) is 3. The average molecular weight is 263 g/mol. The summed E-state index contributed by atoms with van der Waals surface area (Å²) < 4.78 is 0. The van der Waals surface area contributed by atoms with Crippen molar-refractivity contribution in [3.05, 3.63) is 46.7 Å². The Hall–Kier alpha value is -2.37. The minimum absolute atomic E-state index is 0.0133. The highest BCUT2D eigenvalue weighted by molar-refractivity contribution is 5.89. The van der Waals surface area contributed by atoms with Gasteiger partial charge in [-0.05, 0) is 17.5 Å². The molecule has 1 aromatic carbocycles. The predicted molar refractivity (Wildman–Crippen MR) is 73.8 cm³/mol. The van der Waals surface area contributed by atoms with Crippen molar-refractivity contribution in [2.45, 2.75) is 20.8 Å². The van der Waals surface area contributed by atoms with E-state index in [4.69, 9.17) is 0 Å². The van der Waals surface area contributed by atoms with Crippen molar-refractivity contribution in [2.75, 3.05) is 5.32 Å². The SMILES string of the molecule is CC(C)(C)/C=C/NC(=O)Nc1ccc([N+](=O)[O-])cc1. The first-order chi connectivity index (χ1) is 8.78. The van der Waals surface area contributed by atoms with E-state index in [9.17, 15) is 14.9 Å². The van der Waals surface area contributed by atoms with Crippen LogP contribution in [0.15, 0.2) is 36.5 Å². The number of anilines is 1. The van der Waals surface area contributed by atoms with E-state index >= 15 is 0 Å². The van der Waals surface area contributed by atoms with Crippen molar-refractivity contribution >= 4 is 17.4 Å². The molecule has 1 rings (SSSR count). The molecule has 2 N–H and O–H groups in total. The Balaban J connectivity index is 2.53. The largest absolute Gasteiger partial charge is 0.323 e. The molecule has 19 heavy (non-hydrogen) atoms. The van der Waals surface area contributed by atoms with Gasteiger partial charge in [-0.25, -0.2) is 4.79 Å². The number of carbonyl (C=O) groups excluding carboxylic acids is 1. The van der Waals surface area contributed by atoms with Crippen LogP contribution in [0.2, 0.25) is 0 Å². The number of allylic oxidation sites excluding steroid dienone is 1. The Morgan fingerprint density at radius 3 is 2.32 bits per heavy atom. The molecule has 6 heteroatoms. The van der Waals surface area contributed by atoms with E-state index in [1.807, 2.05) is 26.8 Å². The molecule has 0 aliphatic heterocycles. The maximum atomic E-state index is 11.5. The van der Waals surface area contributed by atoms with Crippen LogP contribution in [0.5, 0.6) is 0 Å². The number of rotatable bonds is 3. The summed E-state index contributed by atoms with van der Waals surface area (Å²) in [7, 11) is 0. The molecule has 0 atom stereocenters. The van der Waals surface area contributed by atoms with Gasteiger partial charge in [-0.2, -0.15) is 0 Å². The lowest BCUT2D eigenvalue weighted by atomic mass is 9.97. The van der Waals surface area contributed by atoms with Gasteiger partial charge in [-0.3, -0.25) is 10.1 Å². The fraction of sp³-hybridized carbons (Fsp3) is 0.308. The lowest BCUT2D eigenvalue weighted by molar-refractivity contribution is -0.384. The number of amides is 2. The molecule has 0 aliphatic carbocycles. The number of benzene rings is 1. The molecule has 0 saturated carbocycles. The fourth-order valence-electron chi connectivity index (χ4n) is 1.20. The van der Waals surface area contributed by atoms with Gasteiger partial charge >= 0.3 is 6.03 Å². The zero-order valence-electron chi connectivity index (χ0n) is 11.1. The molecule has 0 radical (unpaired) electrons. The van der Waals surface area contributed by atoms with Gasteiger partial charge in [0.25, 0.3) is 5.69 Å². The third kappa shape index (κ3) is 5.67. The van der Waals surface area contributed by atoms with Crippen LogP contribution in [0, 0.1) is 15.5 Å². The van der Waals surface area contributed by atoms with Crippen LogP contribution in [0.3, 0.4) is 0 Å². The van der Waals surface area contributed by atoms with Crippen LogP contribution in [0.25, 0.3) is 0 Å². The Bertz CT molecular complexity index is 487. The Morgan fingerprint density at radius 2 is 1.84 bits per heavy atom. The Morgan fingerprint density at radius 1 is 1.26 bits per heavy atom. The highest BCUT2D eigenvalue weighted by Crippen LogP contribution is 2.15. The topological polar surface area (TPSA) is 84.3 Å². The van der Waals surface area contributed by atoms with Crippen LogP contribution in [0.1, 0.15) is 20.8 Å². The summed E-state index contributed by atoms with van der Waals surface area (Å²) in [6.45, 7) is 6.04. The Labute approximate surface area is 111 Å². The lowest BCUT2D eigenvalue weighted by Gasteiger charge is -2.11. The Kier molecular flexibility index (Phi) is 4.63. The zero-order valence-corrected chi connectivity index (χ0v) is 11.1. The summed E-state index contributed by atoms with van der Waals surface area (Å²) in [6, 6.07) is 5.23. The first kappa shape index (κ1) is 14.7. The second-order valence-corrected chi connectivity index (χ2v) is 5.10. The molecule has 0 unspecified atom stereocenters. The summed E-state index contributed by atoms with van der Waals surface area (Å²) >= 11 is 0. The van der Waals surface area contributed by atoms with E-state index in [0.29, 0.717) is 5.69 Å². The van der Waals surface area contributed by atoms with E-state index in [1.54, 1.807) is 6.20 Å². The smallest absolute Gasteiger partial charge is 0.315 e. The molecule has 0 spiro atoms. The van der Waals surface area contributed by atoms with Gasteiger partial charge in [0.1, 0.15) is 0 Å².